The van der Waals surface area contributed by atoms with Gasteiger partial charge in [-0.25, -0.2) is 4.98 Å². The van der Waals surface area contributed by atoms with Gasteiger partial charge in [-0.1, -0.05) is 6.07 Å². The maximum absolute atomic E-state index is 9.77. The van der Waals surface area contributed by atoms with Crippen molar-refractivity contribution in [3.05, 3.63) is 53.9 Å². The van der Waals surface area contributed by atoms with Crippen molar-refractivity contribution in [1.82, 2.24) is 9.55 Å². The molecule has 1 fully saturated rings. The number of nitrogens with zero attached hydrogens (tertiary/aromatic N) is 2. The van der Waals surface area contributed by atoms with E-state index >= 15 is 0 Å². The zero-order chi connectivity index (χ0) is 17.6. The van der Waals surface area contributed by atoms with Gasteiger partial charge in [-0.2, -0.15) is 0 Å². The molecule has 5 nitrogen and oxygen atoms in total. The smallest absolute Gasteiger partial charge is 0.182 e. The molecule has 130 valence electrons. The molecular weight excluding hydrogens is 314 g/mol. The van der Waals surface area contributed by atoms with E-state index in [1.807, 2.05) is 24.4 Å². The SMILES string of the molecule is CC(C)n1ccc2c(Nc3ncc(C4CC4)cc3C(O)O)cccc21. The van der Waals surface area contributed by atoms with Crippen LogP contribution in [0.25, 0.3) is 10.9 Å². The lowest BCUT2D eigenvalue weighted by Crippen LogP contribution is -2.05. The van der Waals surface area contributed by atoms with Crippen LogP contribution in [-0.2, 0) is 0 Å². The molecule has 1 aliphatic rings. The van der Waals surface area contributed by atoms with Crippen LogP contribution in [0.1, 0.15) is 56.1 Å². The molecule has 0 amide bonds. The van der Waals surface area contributed by atoms with Gasteiger partial charge in [0.15, 0.2) is 6.29 Å². The number of aliphatic hydroxyl groups is 2. The highest BCUT2D eigenvalue weighted by molar-refractivity contribution is 5.94. The second-order valence-corrected chi connectivity index (χ2v) is 7.03. The Hall–Kier alpha value is -2.37. The summed E-state index contributed by atoms with van der Waals surface area (Å²) in [5.41, 5.74) is 3.55. The molecule has 0 saturated heterocycles. The number of nitrogens with one attached hydrogen (secondary N) is 1. The van der Waals surface area contributed by atoms with Crippen LogP contribution < -0.4 is 5.32 Å². The molecule has 0 aliphatic heterocycles. The van der Waals surface area contributed by atoms with E-state index in [1.54, 1.807) is 0 Å². The van der Waals surface area contributed by atoms with Crippen molar-refractivity contribution in [2.75, 3.05) is 5.32 Å². The van der Waals surface area contributed by atoms with Gasteiger partial charge in [-0.3, -0.25) is 0 Å². The van der Waals surface area contributed by atoms with Crippen LogP contribution in [0.3, 0.4) is 0 Å². The Kier molecular flexibility index (Phi) is 3.98. The average Bonchev–Trinajstić information content (AvgIpc) is 3.33. The fourth-order valence-corrected chi connectivity index (χ4v) is 3.32. The summed E-state index contributed by atoms with van der Waals surface area (Å²) in [5.74, 6) is 1.01. The lowest BCUT2D eigenvalue weighted by atomic mass is 10.1. The molecule has 1 aliphatic carbocycles. The Morgan fingerprint density at radius 2 is 2.00 bits per heavy atom. The summed E-state index contributed by atoms with van der Waals surface area (Å²) < 4.78 is 2.21. The number of anilines is 2. The molecular formula is C20H23N3O2. The second kappa shape index (κ2) is 6.17. The Bertz CT molecular complexity index is 910. The third-order valence-electron chi connectivity index (χ3n) is 4.84. The quantitative estimate of drug-likeness (QED) is 0.610. The zero-order valence-corrected chi connectivity index (χ0v) is 14.5. The van der Waals surface area contributed by atoms with Crippen LogP contribution in [-0.4, -0.2) is 19.8 Å². The molecule has 5 heteroatoms. The molecule has 1 saturated carbocycles. The number of rotatable bonds is 5. The molecule has 0 bridgehead atoms. The van der Waals surface area contributed by atoms with E-state index in [2.05, 4.69) is 47.0 Å². The Labute approximate surface area is 146 Å². The van der Waals surface area contributed by atoms with E-state index in [4.69, 9.17) is 0 Å². The predicted molar refractivity (Wildman–Crippen MR) is 99.0 cm³/mol. The Morgan fingerprint density at radius 3 is 2.68 bits per heavy atom. The van der Waals surface area contributed by atoms with E-state index in [9.17, 15) is 10.2 Å². The highest BCUT2D eigenvalue weighted by Crippen LogP contribution is 2.41. The summed E-state index contributed by atoms with van der Waals surface area (Å²) in [5, 5.41) is 23.9. The van der Waals surface area contributed by atoms with Crippen LogP contribution in [0.15, 0.2) is 42.7 Å². The normalized spacial score (nSPS) is 14.6. The highest BCUT2D eigenvalue weighted by atomic mass is 16.5. The van der Waals surface area contributed by atoms with Crippen molar-refractivity contribution in [3.8, 4) is 0 Å². The highest BCUT2D eigenvalue weighted by Gasteiger charge is 2.25. The minimum atomic E-state index is -1.55. The maximum Gasteiger partial charge on any atom is 0.182 e. The first kappa shape index (κ1) is 16.1. The third kappa shape index (κ3) is 3.01. The second-order valence-electron chi connectivity index (χ2n) is 7.03. The van der Waals surface area contributed by atoms with Crippen molar-refractivity contribution < 1.29 is 10.2 Å². The monoisotopic (exact) mass is 337 g/mol. The molecule has 0 radical (unpaired) electrons. The fourth-order valence-electron chi connectivity index (χ4n) is 3.32. The van der Waals surface area contributed by atoms with Crippen molar-refractivity contribution in [3.63, 3.8) is 0 Å². The summed E-state index contributed by atoms with van der Waals surface area (Å²) >= 11 is 0. The summed E-state index contributed by atoms with van der Waals surface area (Å²) in [6.07, 6.45) is 4.67. The largest absolute Gasteiger partial charge is 0.364 e. The fraction of sp³-hybridized carbons (Fsp3) is 0.350. The first-order valence-corrected chi connectivity index (χ1v) is 8.77. The van der Waals surface area contributed by atoms with Crippen LogP contribution in [0.4, 0.5) is 11.5 Å². The standard InChI is InChI=1S/C20H23N3O2/c1-12(2)23-9-8-15-17(4-3-5-18(15)23)22-19-16(20(24)25)10-14(11-21-19)13-6-7-13/h3-5,8-13,20,24-25H,6-7H2,1-2H3,(H,21,22). The molecule has 0 unspecified atom stereocenters. The topological polar surface area (TPSA) is 70.3 Å². The van der Waals surface area contributed by atoms with E-state index < -0.39 is 6.29 Å². The van der Waals surface area contributed by atoms with E-state index in [1.165, 1.54) is 0 Å². The molecule has 1 aromatic carbocycles. The van der Waals surface area contributed by atoms with Crippen molar-refractivity contribution in [2.24, 2.45) is 0 Å². The van der Waals surface area contributed by atoms with Gasteiger partial charge in [0.25, 0.3) is 0 Å². The summed E-state index contributed by atoms with van der Waals surface area (Å²) in [7, 11) is 0. The van der Waals surface area contributed by atoms with Crippen molar-refractivity contribution in [1.29, 1.82) is 0 Å². The van der Waals surface area contributed by atoms with Gasteiger partial charge in [-0.05, 0) is 62.4 Å². The van der Waals surface area contributed by atoms with Crippen LogP contribution in [0, 0.1) is 0 Å². The number of aliphatic hydroxyl groups excluding tert-OH is 1. The predicted octanol–water partition coefficient (Wildman–Crippen LogP) is 4.22. The first-order chi connectivity index (χ1) is 12.0. The minimum Gasteiger partial charge on any atom is -0.364 e. The van der Waals surface area contributed by atoms with Gasteiger partial charge in [0.2, 0.25) is 0 Å². The van der Waals surface area contributed by atoms with Gasteiger partial charge in [-0.15, -0.1) is 0 Å². The summed E-state index contributed by atoms with van der Waals surface area (Å²) in [6, 6.07) is 10.4. The van der Waals surface area contributed by atoms with Gasteiger partial charge in [0.1, 0.15) is 5.82 Å². The minimum absolute atomic E-state index is 0.374. The summed E-state index contributed by atoms with van der Waals surface area (Å²) in [6.45, 7) is 4.30. The molecule has 3 aromatic rings. The van der Waals surface area contributed by atoms with Crippen molar-refractivity contribution >= 4 is 22.4 Å². The molecule has 2 aromatic heterocycles. The average molecular weight is 337 g/mol. The first-order valence-electron chi connectivity index (χ1n) is 8.77. The molecule has 0 spiro atoms. The molecule has 25 heavy (non-hydrogen) atoms. The van der Waals surface area contributed by atoms with Gasteiger partial charge < -0.3 is 20.1 Å². The van der Waals surface area contributed by atoms with Crippen molar-refractivity contribution in [2.45, 2.75) is 44.9 Å². The van der Waals surface area contributed by atoms with E-state index in [0.29, 0.717) is 23.3 Å². The molecule has 2 heterocycles. The molecule has 3 N–H and O–H groups in total. The van der Waals surface area contributed by atoms with Gasteiger partial charge >= 0.3 is 0 Å². The Balaban J connectivity index is 1.74. The van der Waals surface area contributed by atoms with Crippen LogP contribution in [0.2, 0.25) is 0 Å². The number of hydrogen-bond acceptors (Lipinski definition) is 4. The maximum atomic E-state index is 9.77. The Morgan fingerprint density at radius 1 is 1.20 bits per heavy atom. The molecule has 4 rings (SSSR count). The number of aromatic nitrogens is 2. The van der Waals surface area contributed by atoms with Crippen LogP contribution in [0.5, 0.6) is 0 Å². The molecule has 0 atom stereocenters. The van der Waals surface area contributed by atoms with Gasteiger partial charge in [0, 0.05) is 29.5 Å². The third-order valence-corrected chi connectivity index (χ3v) is 4.84. The zero-order valence-electron chi connectivity index (χ0n) is 14.5. The van der Waals surface area contributed by atoms with Crippen LogP contribution >= 0.6 is 0 Å². The summed E-state index contributed by atoms with van der Waals surface area (Å²) in [4.78, 5) is 4.47. The number of fused-ring (bicyclic) bond motifs is 1. The number of hydrogen-bond donors (Lipinski definition) is 3. The van der Waals surface area contributed by atoms with E-state index in [0.717, 1.165) is 35.0 Å². The lowest BCUT2D eigenvalue weighted by molar-refractivity contribution is -0.0421. The lowest BCUT2D eigenvalue weighted by Gasteiger charge is -2.15. The van der Waals surface area contributed by atoms with E-state index in [-0.39, 0.29) is 0 Å². The number of pyridine rings is 1. The number of benzene rings is 1. The van der Waals surface area contributed by atoms with Gasteiger partial charge in [0.05, 0.1) is 11.1 Å².